The maximum absolute atomic E-state index is 5.33. The van der Waals surface area contributed by atoms with Crippen LogP contribution in [0.5, 0.6) is 0 Å². The zero-order valence-electron chi connectivity index (χ0n) is 11.5. The van der Waals surface area contributed by atoms with Gasteiger partial charge in [-0.25, -0.2) is 0 Å². The van der Waals surface area contributed by atoms with Crippen molar-refractivity contribution in [3.8, 4) is 0 Å². The zero-order valence-corrected chi connectivity index (χ0v) is 11.5. The van der Waals surface area contributed by atoms with E-state index < -0.39 is 0 Å². The molecule has 0 saturated carbocycles. The SMILES string of the molecule is CNC(Cc1ccc2c(c1)CCC2)C(OC)OC. The number of fused-ring (bicyclic) bond motifs is 1. The van der Waals surface area contributed by atoms with Gasteiger partial charge in [0.15, 0.2) is 6.29 Å². The van der Waals surface area contributed by atoms with Crippen LogP contribution in [0.2, 0.25) is 0 Å². The Morgan fingerprint density at radius 3 is 2.56 bits per heavy atom. The number of rotatable bonds is 6. The Kier molecular flexibility index (Phi) is 4.75. The van der Waals surface area contributed by atoms with Crippen LogP contribution in [-0.2, 0) is 28.7 Å². The Morgan fingerprint density at radius 1 is 1.17 bits per heavy atom. The third-order valence-corrected chi connectivity index (χ3v) is 3.78. The van der Waals surface area contributed by atoms with E-state index in [-0.39, 0.29) is 12.3 Å². The molecular formula is C15H23NO2. The van der Waals surface area contributed by atoms with E-state index in [1.54, 1.807) is 14.2 Å². The topological polar surface area (TPSA) is 30.5 Å². The minimum absolute atomic E-state index is 0.180. The number of hydrogen-bond donors (Lipinski definition) is 1. The number of aryl methyl sites for hydroxylation is 2. The Labute approximate surface area is 109 Å². The predicted molar refractivity (Wildman–Crippen MR) is 72.8 cm³/mol. The zero-order chi connectivity index (χ0) is 13.0. The summed E-state index contributed by atoms with van der Waals surface area (Å²) in [6, 6.07) is 7.03. The molecule has 0 fully saturated rings. The number of benzene rings is 1. The summed E-state index contributed by atoms with van der Waals surface area (Å²) in [6.07, 6.45) is 4.49. The molecule has 1 unspecified atom stereocenters. The van der Waals surface area contributed by atoms with E-state index in [0.29, 0.717) is 0 Å². The number of nitrogens with one attached hydrogen (secondary N) is 1. The lowest BCUT2D eigenvalue weighted by molar-refractivity contribution is -0.121. The van der Waals surface area contributed by atoms with Gasteiger partial charge < -0.3 is 14.8 Å². The molecule has 0 aliphatic heterocycles. The second kappa shape index (κ2) is 6.32. The van der Waals surface area contributed by atoms with Crippen LogP contribution in [-0.4, -0.2) is 33.6 Å². The molecule has 0 saturated heterocycles. The van der Waals surface area contributed by atoms with Gasteiger partial charge >= 0.3 is 0 Å². The molecule has 0 bridgehead atoms. The van der Waals surface area contributed by atoms with E-state index in [4.69, 9.17) is 9.47 Å². The van der Waals surface area contributed by atoms with E-state index in [9.17, 15) is 0 Å². The van der Waals surface area contributed by atoms with Crippen LogP contribution in [0, 0.1) is 0 Å². The summed E-state index contributed by atoms with van der Waals surface area (Å²) in [6.45, 7) is 0. The molecule has 0 heterocycles. The van der Waals surface area contributed by atoms with Crippen LogP contribution in [0.1, 0.15) is 23.1 Å². The summed E-state index contributed by atoms with van der Waals surface area (Å²) in [5.41, 5.74) is 4.40. The lowest BCUT2D eigenvalue weighted by atomic mass is 10.0. The Hall–Kier alpha value is -0.900. The van der Waals surface area contributed by atoms with Gasteiger partial charge in [-0.2, -0.15) is 0 Å². The summed E-state index contributed by atoms with van der Waals surface area (Å²) >= 11 is 0. The highest BCUT2D eigenvalue weighted by molar-refractivity contribution is 5.35. The van der Waals surface area contributed by atoms with Gasteiger partial charge in [0.25, 0.3) is 0 Å². The molecule has 0 amide bonds. The first-order valence-electron chi connectivity index (χ1n) is 6.62. The molecule has 1 aliphatic rings. The van der Waals surface area contributed by atoms with Crippen molar-refractivity contribution in [3.63, 3.8) is 0 Å². The van der Waals surface area contributed by atoms with Gasteiger partial charge in [-0.15, -0.1) is 0 Å². The third-order valence-electron chi connectivity index (χ3n) is 3.78. The van der Waals surface area contributed by atoms with E-state index in [0.717, 1.165) is 6.42 Å². The first-order valence-corrected chi connectivity index (χ1v) is 6.62. The van der Waals surface area contributed by atoms with Crippen LogP contribution < -0.4 is 5.32 Å². The van der Waals surface area contributed by atoms with Crippen molar-refractivity contribution in [1.29, 1.82) is 0 Å². The highest BCUT2D eigenvalue weighted by Crippen LogP contribution is 2.23. The average molecular weight is 249 g/mol. The molecule has 1 N–H and O–H groups in total. The smallest absolute Gasteiger partial charge is 0.172 e. The van der Waals surface area contributed by atoms with E-state index in [1.165, 1.54) is 36.0 Å². The minimum Gasteiger partial charge on any atom is -0.354 e. The fourth-order valence-electron chi connectivity index (χ4n) is 2.77. The molecule has 0 aromatic heterocycles. The standard InChI is InChI=1S/C15H23NO2/c1-16-14(15(17-2)18-3)10-11-7-8-12-5-4-6-13(12)9-11/h7-9,14-16H,4-6,10H2,1-3H3. The van der Waals surface area contributed by atoms with Crippen LogP contribution in [0.15, 0.2) is 18.2 Å². The second-order valence-corrected chi connectivity index (χ2v) is 4.90. The van der Waals surface area contributed by atoms with Crippen LogP contribution in [0.3, 0.4) is 0 Å². The number of likely N-dealkylation sites (N-methyl/N-ethyl adjacent to an activating group) is 1. The van der Waals surface area contributed by atoms with Gasteiger partial charge in [-0.1, -0.05) is 18.2 Å². The summed E-state index contributed by atoms with van der Waals surface area (Å²) in [7, 11) is 5.31. The van der Waals surface area contributed by atoms with Crippen molar-refractivity contribution in [1.82, 2.24) is 5.32 Å². The molecule has 3 nitrogen and oxygen atoms in total. The van der Waals surface area contributed by atoms with Gasteiger partial charge in [-0.3, -0.25) is 0 Å². The largest absolute Gasteiger partial charge is 0.354 e. The Bertz CT molecular complexity index is 388. The van der Waals surface area contributed by atoms with Gasteiger partial charge in [0.05, 0.1) is 6.04 Å². The normalized spacial score (nSPS) is 16.0. The fraction of sp³-hybridized carbons (Fsp3) is 0.600. The van der Waals surface area contributed by atoms with Crippen molar-refractivity contribution < 1.29 is 9.47 Å². The predicted octanol–water partition coefficient (Wildman–Crippen LogP) is 1.92. The lowest BCUT2D eigenvalue weighted by Gasteiger charge is -2.24. The molecule has 1 aromatic carbocycles. The summed E-state index contributed by atoms with van der Waals surface area (Å²) < 4.78 is 10.7. The molecule has 0 radical (unpaired) electrons. The van der Waals surface area contributed by atoms with Crippen molar-refractivity contribution in [2.45, 2.75) is 38.0 Å². The highest BCUT2D eigenvalue weighted by atomic mass is 16.7. The Balaban J connectivity index is 2.07. The fourth-order valence-corrected chi connectivity index (χ4v) is 2.77. The van der Waals surface area contributed by atoms with Gasteiger partial charge in [0.2, 0.25) is 0 Å². The summed E-state index contributed by atoms with van der Waals surface area (Å²) in [4.78, 5) is 0. The molecule has 3 heteroatoms. The molecule has 0 spiro atoms. The summed E-state index contributed by atoms with van der Waals surface area (Å²) in [5.74, 6) is 0. The monoisotopic (exact) mass is 249 g/mol. The number of ether oxygens (including phenoxy) is 2. The molecule has 1 atom stereocenters. The maximum Gasteiger partial charge on any atom is 0.172 e. The summed E-state index contributed by atoms with van der Waals surface area (Å²) in [5, 5.41) is 3.27. The number of hydrogen-bond acceptors (Lipinski definition) is 3. The maximum atomic E-state index is 5.33. The third kappa shape index (κ3) is 2.91. The average Bonchev–Trinajstić information content (AvgIpc) is 2.86. The highest BCUT2D eigenvalue weighted by Gasteiger charge is 2.20. The molecule has 100 valence electrons. The van der Waals surface area contributed by atoms with E-state index in [2.05, 4.69) is 23.5 Å². The van der Waals surface area contributed by atoms with Gasteiger partial charge in [-0.05, 0) is 49.4 Å². The first kappa shape index (κ1) is 13.5. The van der Waals surface area contributed by atoms with Crippen LogP contribution >= 0.6 is 0 Å². The van der Waals surface area contributed by atoms with E-state index in [1.807, 2.05) is 7.05 Å². The van der Waals surface area contributed by atoms with Crippen LogP contribution in [0.4, 0.5) is 0 Å². The van der Waals surface area contributed by atoms with Gasteiger partial charge in [0.1, 0.15) is 0 Å². The van der Waals surface area contributed by atoms with Crippen molar-refractivity contribution in [3.05, 3.63) is 34.9 Å². The lowest BCUT2D eigenvalue weighted by Crippen LogP contribution is -2.41. The van der Waals surface area contributed by atoms with E-state index >= 15 is 0 Å². The molecule has 18 heavy (non-hydrogen) atoms. The number of methoxy groups -OCH3 is 2. The van der Waals surface area contributed by atoms with Crippen molar-refractivity contribution in [2.24, 2.45) is 0 Å². The van der Waals surface area contributed by atoms with Crippen molar-refractivity contribution >= 4 is 0 Å². The van der Waals surface area contributed by atoms with Crippen LogP contribution in [0.25, 0.3) is 0 Å². The van der Waals surface area contributed by atoms with Gasteiger partial charge in [0, 0.05) is 14.2 Å². The molecule has 1 aromatic rings. The minimum atomic E-state index is -0.205. The molecule has 1 aliphatic carbocycles. The molecular weight excluding hydrogens is 226 g/mol. The quantitative estimate of drug-likeness (QED) is 0.781. The molecule has 2 rings (SSSR count). The second-order valence-electron chi connectivity index (χ2n) is 4.90. The Morgan fingerprint density at radius 2 is 1.89 bits per heavy atom. The first-order chi connectivity index (χ1) is 8.78. The van der Waals surface area contributed by atoms with Crippen molar-refractivity contribution in [2.75, 3.05) is 21.3 Å².